The van der Waals surface area contributed by atoms with E-state index in [4.69, 9.17) is 10.7 Å². The number of rotatable bonds is 3. The Balaban J connectivity index is 1.91. The highest BCUT2D eigenvalue weighted by Gasteiger charge is 2.27. The first-order chi connectivity index (χ1) is 9.29. The molecule has 0 radical (unpaired) electrons. The summed E-state index contributed by atoms with van der Waals surface area (Å²) in [7, 11) is 2.23. The number of nitrogens with two attached hydrogens (primary N) is 1. The van der Waals surface area contributed by atoms with E-state index in [2.05, 4.69) is 16.5 Å². The van der Waals surface area contributed by atoms with Crippen molar-refractivity contribution in [1.29, 1.82) is 0 Å². The van der Waals surface area contributed by atoms with Gasteiger partial charge in [0.2, 0.25) is 0 Å². The third-order valence-electron chi connectivity index (χ3n) is 4.60. The lowest BCUT2D eigenvalue weighted by molar-refractivity contribution is 0.242. The van der Waals surface area contributed by atoms with Gasteiger partial charge in [-0.15, -0.1) is 0 Å². The third kappa shape index (κ3) is 2.56. The number of imidazole rings is 1. The van der Waals surface area contributed by atoms with Crippen LogP contribution in [0, 0.1) is 0 Å². The van der Waals surface area contributed by atoms with Crippen LogP contribution in [0.25, 0.3) is 0 Å². The lowest BCUT2D eigenvalue weighted by Crippen LogP contribution is -2.32. The van der Waals surface area contributed by atoms with Crippen LogP contribution in [0.3, 0.4) is 0 Å². The molecule has 2 N–H and O–H groups in total. The molecule has 0 saturated carbocycles. The molecule has 3 rings (SSSR count). The number of hydrogen-bond donors (Lipinski definition) is 1. The summed E-state index contributed by atoms with van der Waals surface area (Å²) in [6.07, 6.45) is 7.36. The molecule has 1 aromatic heterocycles. The van der Waals surface area contributed by atoms with Crippen LogP contribution in [0.4, 0.5) is 0 Å². The molecule has 0 spiro atoms. The number of piperidine rings is 1. The highest BCUT2D eigenvalue weighted by atomic mass is 15.1. The molecule has 0 aromatic carbocycles. The van der Waals surface area contributed by atoms with Gasteiger partial charge in [-0.1, -0.05) is 0 Å². The predicted molar refractivity (Wildman–Crippen MR) is 77.4 cm³/mol. The van der Waals surface area contributed by atoms with E-state index in [1.165, 1.54) is 69.0 Å². The average Bonchev–Trinajstić information content (AvgIpc) is 2.79. The van der Waals surface area contributed by atoms with Crippen molar-refractivity contribution in [2.45, 2.75) is 51.0 Å². The summed E-state index contributed by atoms with van der Waals surface area (Å²) in [5.41, 5.74) is 8.51. The van der Waals surface area contributed by atoms with Crippen molar-refractivity contribution in [2.75, 3.05) is 26.7 Å². The van der Waals surface area contributed by atoms with Gasteiger partial charge in [-0.3, -0.25) is 0 Å². The third-order valence-corrected chi connectivity index (χ3v) is 4.60. The minimum Gasteiger partial charge on any atom is -0.331 e. The van der Waals surface area contributed by atoms with Crippen LogP contribution in [0.2, 0.25) is 0 Å². The molecule has 1 fully saturated rings. The van der Waals surface area contributed by atoms with Gasteiger partial charge in [-0.2, -0.15) is 0 Å². The van der Waals surface area contributed by atoms with Gasteiger partial charge in [-0.05, 0) is 52.2 Å². The fraction of sp³-hybridized carbons (Fsp3) is 0.800. The predicted octanol–water partition coefficient (Wildman–Crippen LogP) is 1.53. The van der Waals surface area contributed by atoms with Crippen LogP contribution in [-0.2, 0) is 19.4 Å². The Kier molecular flexibility index (Phi) is 3.89. The van der Waals surface area contributed by atoms with Crippen molar-refractivity contribution in [3.8, 4) is 0 Å². The first kappa shape index (κ1) is 13.1. The SMILES string of the molecule is CN1CCCC(c2nc(CCN)c3n2CCCC3)C1. The van der Waals surface area contributed by atoms with Crippen LogP contribution in [-0.4, -0.2) is 41.1 Å². The fourth-order valence-corrected chi connectivity index (χ4v) is 3.67. The first-order valence-corrected chi connectivity index (χ1v) is 7.76. The maximum Gasteiger partial charge on any atom is 0.113 e. The van der Waals surface area contributed by atoms with Gasteiger partial charge in [0.25, 0.3) is 0 Å². The molecule has 4 heteroatoms. The number of likely N-dealkylation sites (N-methyl/N-ethyl adjacent to an activating group) is 1. The molecule has 2 aliphatic rings. The highest BCUT2D eigenvalue weighted by molar-refractivity contribution is 5.22. The second-order valence-electron chi connectivity index (χ2n) is 6.11. The van der Waals surface area contributed by atoms with E-state index in [1.807, 2.05) is 0 Å². The minimum absolute atomic E-state index is 0.627. The molecule has 4 nitrogen and oxygen atoms in total. The normalized spacial score (nSPS) is 24.4. The average molecular weight is 262 g/mol. The number of fused-ring (bicyclic) bond motifs is 1. The molecular weight excluding hydrogens is 236 g/mol. The van der Waals surface area contributed by atoms with Crippen molar-refractivity contribution in [1.82, 2.24) is 14.5 Å². The molecule has 2 aliphatic heterocycles. The summed E-state index contributed by atoms with van der Waals surface area (Å²) in [5, 5.41) is 0. The van der Waals surface area contributed by atoms with E-state index in [1.54, 1.807) is 0 Å². The maximum atomic E-state index is 5.75. The van der Waals surface area contributed by atoms with Gasteiger partial charge in [0.05, 0.1) is 5.69 Å². The molecule has 0 aliphatic carbocycles. The Hall–Kier alpha value is -0.870. The van der Waals surface area contributed by atoms with Crippen molar-refractivity contribution in [3.63, 3.8) is 0 Å². The van der Waals surface area contributed by atoms with Gasteiger partial charge in [0.15, 0.2) is 0 Å². The zero-order valence-corrected chi connectivity index (χ0v) is 12.1. The molecule has 0 bridgehead atoms. The van der Waals surface area contributed by atoms with Crippen molar-refractivity contribution >= 4 is 0 Å². The van der Waals surface area contributed by atoms with E-state index < -0.39 is 0 Å². The zero-order valence-electron chi connectivity index (χ0n) is 12.1. The standard InChI is InChI=1S/C15H26N4/c1-18-9-4-5-12(11-18)15-17-13(7-8-16)14-6-2-3-10-19(14)15/h12H,2-11,16H2,1H3. The second-order valence-corrected chi connectivity index (χ2v) is 6.11. The molecule has 1 aromatic rings. The van der Waals surface area contributed by atoms with E-state index in [9.17, 15) is 0 Å². The van der Waals surface area contributed by atoms with Gasteiger partial charge in [0.1, 0.15) is 5.82 Å². The number of nitrogens with zero attached hydrogens (tertiary/aromatic N) is 3. The molecule has 1 unspecified atom stereocenters. The number of hydrogen-bond acceptors (Lipinski definition) is 3. The van der Waals surface area contributed by atoms with Crippen molar-refractivity contribution in [2.24, 2.45) is 5.73 Å². The van der Waals surface area contributed by atoms with Crippen LogP contribution in [0.15, 0.2) is 0 Å². The lowest BCUT2D eigenvalue weighted by atomic mass is 9.97. The van der Waals surface area contributed by atoms with E-state index >= 15 is 0 Å². The monoisotopic (exact) mass is 262 g/mol. The quantitative estimate of drug-likeness (QED) is 0.898. The first-order valence-electron chi connectivity index (χ1n) is 7.76. The molecule has 19 heavy (non-hydrogen) atoms. The van der Waals surface area contributed by atoms with Crippen molar-refractivity contribution < 1.29 is 0 Å². The largest absolute Gasteiger partial charge is 0.331 e. The summed E-state index contributed by atoms with van der Waals surface area (Å²) in [6, 6.07) is 0. The molecule has 3 heterocycles. The molecular formula is C15H26N4. The Labute approximate surface area is 116 Å². The molecule has 1 saturated heterocycles. The molecule has 0 amide bonds. The van der Waals surface area contributed by atoms with E-state index in [-0.39, 0.29) is 0 Å². The summed E-state index contributed by atoms with van der Waals surface area (Å²) >= 11 is 0. The number of likely N-dealkylation sites (tertiary alicyclic amines) is 1. The van der Waals surface area contributed by atoms with E-state index in [0.29, 0.717) is 12.5 Å². The Bertz CT molecular complexity index is 438. The van der Waals surface area contributed by atoms with Gasteiger partial charge < -0.3 is 15.2 Å². The fourth-order valence-electron chi connectivity index (χ4n) is 3.67. The zero-order chi connectivity index (χ0) is 13.2. The van der Waals surface area contributed by atoms with Crippen LogP contribution >= 0.6 is 0 Å². The van der Waals surface area contributed by atoms with Gasteiger partial charge in [0, 0.05) is 31.1 Å². The molecule has 1 atom stereocenters. The summed E-state index contributed by atoms with van der Waals surface area (Å²) < 4.78 is 2.53. The smallest absolute Gasteiger partial charge is 0.113 e. The summed E-state index contributed by atoms with van der Waals surface area (Å²) in [6.45, 7) is 4.29. The van der Waals surface area contributed by atoms with Crippen molar-refractivity contribution in [3.05, 3.63) is 17.2 Å². The lowest BCUT2D eigenvalue weighted by Gasteiger charge is -2.30. The topological polar surface area (TPSA) is 47.1 Å². The maximum absolute atomic E-state index is 5.75. The summed E-state index contributed by atoms with van der Waals surface area (Å²) in [5.74, 6) is 1.98. The Morgan fingerprint density at radius 2 is 2.16 bits per heavy atom. The van der Waals surface area contributed by atoms with Gasteiger partial charge in [-0.25, -0.2) is 4.98 Å². The number of aromatic nitrogens is 2. The summed E-state index contributed by atoms with van der Waals surface area (Å²) in [4.78, 5) is 7.44. The highest BCUT2D eigenvalue weighted by Crippen LogP contribution is 2.30. The van der Waals surface area contributed by atoms with Crippen LogP contribution in [0.5, 0.6) is 0 Å². The second kappa shape index (κ2) is 5.63. The van der Waals surface area contributed by atoms with Crippen LogP contribution in [0.1, 0.15) is 48.8 Å². The van der Waals surface area contributed by atoms with Crippen LogP contribution < -0.4 is 5.73 Å². The van der Waals surface area contributed by atoms with E-state index in [0.717, 1.165) is 6.42 Å². The molecule has 106 valence electrons. The van der Waals surface area contributed by atoms with Gasteiger partial charge >= 0.3 is 0 Å². The minimum atomic E-state index is 0.627. The Morgan fingerprint density at radius 1 is 1.26 bits per heavy atom. The Morgan fingerprint density at radius 3 is 2.95 bits per heavy atom.